The maximum absolute atomic E-state index is 13.8. The van der Waals surface area contributed by atoms with Crippen molar-refractivity contribution < 1.29 is 27.9 Å². The second-order valence-electron chi connectivity index (χ2n) is 9.11. The van der Waals surface area contributed by atoms with Gasteiger partial charge in [0.1, 0.15) is 6.61 Å². The number of ether oxygens (including phenoxy) is 1. The lowest BCUT2D eigenvalue weighted by atomic mass is 9.84. The summed E-state index contributed by atoms with van der Waals surface area (Å²) >= 11 is 0. The van der Waals surface area contributed by atoms with Crippen molar-refractivity contribution in [3.63, 3.8) is 0 Å². The van der Waals surface area contributed by atoms with E-state index in [1.807, 2.05) is 13.8 Å². The molecule has 33 heavy (non-hydrogen) atoms. The Kier molecular flexibility index (Phi) is 8.36. The smallest absolute Gasteiger partial charge is 0.265 e. The zero-order valence-corrected chi connectivity index (χ0v) is 19.1. The maximum atomic E-state index is 13.8. The van der Waals surface area contributed by atoms with Crippen LogP contribution < -0.4 is 16.0 Å². The van der Waals surface area contributed by atoms with Crippen LogP contribution in [-0.4, -0.2) is 61.5 Å². The van der Waals surface area contributed by atoms with Gasteiger partial charge in [0.25, 0.3) is 18.2 Å². The molecule has 1 heterocycles. The summed E-state index contributed by atoms with van der Waals surface area (Å²) in [7, 11) is 0. The van der Waals surface area contributed by atoms with E-state index in [-0.39, 0.29) is 42.6 Å². The van der Waals surface area contributed by atoms with Crippen molar-refractivity contribution in [3.8, 4) is 0 Å². The third-order valence-electron chi connectivity index (χ3n) is 6.01. The zero-order valence-electron chi connectivity index (χ0n) is 19.1. The number of anilines is 2. The Balaban J connectivity index is 1.81. The van der Waals surface area contributed by atoms with Crippen LogP contribution in [0.25, 0.3) is 0 Å². The van der Waals surface area contributed by atoms with E-state index in [0.717, 1.165) is 25.3 Å². The molecule has 2 aliphatic rings. The van der Waals surface area contributed by atoms with Gasteiger partial charge < -0.3 is 20.7 Å². The van der Waals surface area contributed by atoms with Crippen LogP contribution in [0.4, 0.5) is 20.2 Å². The van der Waals surface area contributed by atoms with E-state index in [9.17, 15) is 23.2 Å². The lowest BCUT2D eigenvalue weighted by molar-refractivity contribution is -0.133. The van der Waals surface area contributed by atoms with Crippen molar-refractivity contribution in [2.24, 2.45) is 17.6 Å². The molecule has 0 bridgehead atoms. The Hall–Kier alpha value is -2.59. The number of hydrogen-bond donors (Lipinski definition) is 2. The maximum Gasteiger partial charge on any atom is 0.265 e. The minimum absolute atomic E-state index is 0.0779. The number of alkyl halides is 2. The second kappa shape index (κ2) is 11.0. The number of morpholine rings is 1. The van der Waals surface area contributed by atoms with Gasteiger partial charge in [0.2, 0.25) is 5.91 Å². The fourth-order valence-corrected chi connectivity index (χ4v) is 4.27. The second-order valence-corrected chi connectivity index (χ2v) is 9.11. The molecule has 1 saturated heterocycles. The summed E-state index contributed by atoms with van der Waals surface area (Å²) in [5.74, 6) is -1.23. The molecule has 0 unspecified atom stereocenters. The summed E-state index contributed by atoms with van der Waals surface area (Å²) in [4.78, 5) is 40.5. The van der Waals surface area contributed by atoms with Crippen LogP contribution in [0.1, 0.15) is 45.1 Å². The highest BCUT2D eigenvalue weighted by Crippen LogP contribution is 2.33. The molecule has 0 spiro atoms. The molecular formula is C23H32F2N4O4. The molecule has 1 saturated carbocycles. The van der Waals surface area contributed by atoms with Gasteiger partial charge in [-0.15, -0.1) is 0 Å². The topological polar surface area (TPSA) is 105 Å². The number of nitrogens with zero attached hydrogens (tertiary/aromatic N) is 2. The molecule has 1 aromatic rings. The average Bonchev–Trinajstić information content (AvgIpc) is 2.70. The van der Waals surface area contributed by atoms with E-state index in [2.05, 4.69) is 5.32 Å². The first-order valence-electron chi connectivity index (χ1n) is 11.3. The lowest BCUT2D eigenvalue weighted by Gasteiger charge is -2.36. The standard InChI is InChI=1S/C23H32F2N4O4/c1-14(2)11-28(12-15-4-3-5-15)20(22(26)31)23(32)27-16-6-7-18(17(10-16)21(24)25)29-8-9-33-13-19(29)30/h6-7,10,14-15,20-21H,3-5,8-9,11-13H2,1-2H3,(H2,26,31)(H,27,32)/t20-/m0/s1. The molecule has 3 rings (SSSR count). The first-order chi connectivity index (χ1) is 15.7. The SMILES string of the molecule is CC(C)CN(CC1CCC1)[C@@H](C(N)=O)C(=O)Nc1ccc(N2CCOCC2=O)c(C(F)F)c1. The first-order valence-corrected chi connectivity index (χ1v) is 11.3. The molecule has 3 N–H and O–H groups in total. The monoisotopic (exact) mass is 466 g/mol. The van der Waals surface area contributed by atoms with Crippen LogP contribution in [0.3, 0.4) is 0 Å². The summed E-state index contributed by atoms with van der Waals surface area (Å²) in [6, 6.07) is 2.75. The lowest BCUT2D eigenvalue weighted by Crippen LogP contribution is -2.54. The van der Waals surface area contributed by atoms with Gasteiger partial charge in [0.05, 0.1) is 12.3 Å². The largest absolute Gasteiger partial charge is 0.370 e. The number of rotatable bonds is 10. The van der Waals surface area contributed by atoms with Crippen molar-refractivity contribution in [3.05, 3.63) is 23.8 Å². The van der Waals surface area contributed by atoms with E-state index < -0.39 is 30.2 Å². The number of primary amides is 1. The summed E-state index contributed by atoms with van der Waals surface area (Å²) in [6.45, 7) is 5.32. The highest BCUT2D eigenvalue weighted by Gasteiger charge is 2.34. The number of carbonyl (C=O) groups is 3. The molecule has 10 heteroatoms. The Morgan fingerprint density at radius 2 is 2.03 bits per heavy atom. The van der Waals surface area contributed by atoms with Crippen LogP contribution in [0, 0.1) is 11.8 Å². The molecule has 2 fully saturated rings. The zero-order chi connectivity index (χ0) is 24.1. The Morgan fingerprint density at radius 3 is 2.58 bits per heavy atom. The fraction of sp³-hybridized carbons (Fsp3) is 0.609. The minimum Gasteiger partial charge on any atom is -0.370 e. The summed E-state index contributed by atoms with van der Waals surface area (Å²) in [5.41, 5.74) is 5.41. The normalized spacial score (nSPS) is 18.0. The molecule has 182 valence electrons. The predicted molar refractivity (Wildman–Crippen MR) is 120 cm³/mol. The van der Waals surface area contributed by atoms with E-state index in [4.69, 9.17) is 10.5 Å². The van der Waals surface area contributed by atoms with Crippen LogP contribution in [0.2, 0.25) is 0 Å². The van der Waals surface area contributed by atoms with Gasteiger partial charge in [-0.25, -0.2) is 8.78 Å². The van der Waals surface area contributed by atoms with E-state index in [1.165, 1.54) is 17.0 Å². The minimum atomic E-state index is -2.87. The molecule has 3 amide bonds. The van der Waals surface area contributed by atoms with Crippen LogP contribution >= 0.6 is 0 Å². The number of nitrogens with two attached hydrogens (primary N) is 1. The Bertz CT molecular complexity index is 876. The Morgan fingerprint density at radius 1 is 1.30 bits per heavy atom. The summed E-state index contributed by atoms with van der Waals surface area (Å²) < 4.78 is 32.7. The third kappa shape index (κ3) is 6.26. The molecule has 1 atom stereocenters. The van der Waals surface area contributed by atoms with Crippen molar-refractivity contribution in [1.29, 1.82) is 0 Å². The van der Waals surface area contributed by atoms with Gasteiger partial charge in [0.15, 0.2) is 6.04 Å². The van der Waals surface area contributed by atoms with Gasteiger partial charge in [-0.05, 0) is 42.9 Å². The van der Waals surface area contributed by atoms with Gasteiger partial charge >= 0.3 is 0 Å². The van der Waals surface area contributed by atoms with Gasteiger partial charge in [-0.3, -0.25) is 19.3 Å². The van der Waals surface area contributed by atoms with Crippen molar-refractivity contribution in [2.75, 3.05) is 43.1 Å². The molecule has 0 aromatic heterocycles. The summed E-state index contributed by atoms with van der Waals surface area (Å²) in [5, 5.41) is 2.58. The van der Waals surface area contributed by atoms with Crippen LogP contribution in [0.15, 0.2) is 18.2 Å². The van der Waals surface area contributed by atoms with Crippen molar-refractivity contribution >= 4 is 29.1 Å². The van der Waals surface area contributed by atoms with Crippen LogP contribution in [0.5, 0.6) is 0 Å². The number of halogens is 2. The Labute approximate surface area is 192 Å². The predicted octanol–water partition coefficient (Wildman–Crippen LogP) is 2.54. The highest BCUT2D eigenvalue weighted by atomic mass is 19.3. The average molecular weight is 467 g/mol. The first kappa shape index (κ1) is 25.0. The molecule has 1 aromatic carbocycles. The summed E-state index contributed by atoms with van der Waals surface area (Å²) in [6.07, 6.45) is 0.347. The number of carbonyl (C=O) groups excluding carboxylic acids is 3. The van der Waals surface area contributed by atoms with Crippen molar-refractivity contribution in [2.45, 2.75) is 45.6 Å². The molecule has 1 aliphatic carbocycles. The number of amides is 3. The highest BCUT2D eigenvalue weighted by molar-refractivity contribution is 6.09. The van der Waals surface area contributed by atoms with Gasteiger partial charge in [-0.1, -0.05) is 20.3 Å². The number of benzene rings is 1. The number of nitrogens with one attached hydrogen (secondary N) is 1. The van der Waals surface area contributed by atoms with Crippen molar-refractivity contribution in [1.82, 2.24) is 4.90 Å². The van der Waals surface area contributed by atoms with E-state index in [0.29, 0.717) is 19.0 Å². The molecule has 0 radical (unpaired) electrons. The quantitative estimate of drug-likeness (QED) is 0.516. The molecule has 1 aliphatic heterocycles. The van der Waals surface area contributed by atoms with Gasteiger partial charge in [-0.2, -0.15) is 0 Å². The molecular weight excluding hydrogens is 434 g/mol. The van der Waals surface area contributed by atoms with Gasteiger partial charge in [0, 0.05) is 30.9 Å². The fourth-order valence-electron chi connectivity index (χ4n) is 4.27. The van der Waals surface area contributed by atoms with E-state index in [1.54, 1.807) is 4.90 Å². The van der Waals surface area contributed by atoms with Crippen LogP contribution in [-0.2, 0) is 19.1 Å². The number of hydrogen-bond acceptors (Lipinski definition) is 5. The van der Waals surface area contributed by atoms with E-state index >= 15 is 0 Å². The molecule has 8 nitrogen and oxygen atoms in total. The third-order valence-corrected chi connectivity index (χ3v) is 6.01.